The lowest BCUT2D eigenvalue weighted by Crippen LogP contribution is -2.40. The Kier molecular flexibility index (Phi) is 5.35. The maximum atomic E-state index is 12.0. The lowest BCUT2D eigenvalue weighted by molar-refractivity contribution is -0.118. The molecular weight excluding hydrogens is 292 g/mol. The molecule has 2 atom stereocenters. The SMILES string of the molecule is CCC(C)C(N)C(=O)Nc1cc(C)c(Br)c(C)c1. The summed E-state index contributed by atoms with van der Waals surface area (Å²) in [6.07, 6.45) is 0.896. The fourth-order valence-electron chi connectivity index (χ4n) is 1.76. The van der Waals surface area contributed by atoms with Crippen molar-refractivity contribution < 1.29 is 4.79 Å². The van der Waals surface area contributed by atoms with Gasteiger partial charge in [-0.25, -0.2) is 0 Å². The summed E-state index contributed by atoms with van der Waals surface area (Å²) in [7, 11) is 0. The number of aryl methyl sites for hydroxylation is 2. The molecule has 4 heteroatoms. The van der Waals surface area contributed by atoms with Crippen molar-refractivity contribution >= 4 is 27.5 Å². The molecule has 1 rings (SSSR count). The van der Waals surface area contributed by atoms with Crippen LogP contribution in [-0.4, -0.2) is 11.9 Å². The largest absolute Gasteiger partial charge is 0.325 e. The molecule has 0 heterocycles. The predicted octanol–water partition coefficient (Wildman–Crippen LogP) is 3.38. The van der Waals surface area contributed by atoms with Gasteiger partial charge in [-0.1, -0.05) is 36.2 Å². The molecule has 0 spiro atoms. The summed E-state index contributed by atoms with van der Waals surface area (Å²) < 4.78 is 1.08. The van der Waals surface area contributed by atoms with E-state index in [0.29, 0.717) is 0 Å². The zero-order chi connectivity index (χ0) is 13.9. The molecule has 0 bridgehead atoms. The number of anilines is 1. The highest BCUT2D eigenvalue weighted by molar-refractivity contribution is 9.10. The van der Waals surface area contributed by atoms with Crippen LogP contribution in [0.3, 0.4) is 0 Å². The average molecular weight is 313 g/mol. The number of carbonyl (C=O) groups is 1. The highest BCUT2D eigenvalue weighted by Gasteiger charge is 2.19. The second-order valence-corrected chi connectivity index (χ2v) is 5.62. The monoisotopic (exact) mass is 312 g/mol. The van der Waals surface area contributed by atoms with Crippen molar-refractivity contribution in [1.82, 2.24) is 0 Å². The third-order valence-corrected chi connectivity index (χ3v) is 4.51. The Hall–Kier alpha value is -0.870. The van der Waals surface area contributed by atoms with Gasteiger partial charge in [-0.05, 0) is 43.0 Å². The van der Waals surface area contributed by atoms with E-state index in [-0.39, 0.29) is 11.8 Å². The Morgan fingerprint density at radius 1 is 1.39 bits per heavy atom. The van der Waals surface area contributed by atoms with Gasteiger partial charge in [0, 0.05) is 10.2 Å². The highest BCUT2D eigenvalue weighted by atomic mass is 79.9. The van der Waals surface area contributed by atoms with Crippen molar-refractivity contribution in [2.24, 2.45) is 11.7 Å². The molecule has 3 nitrogen and oxygen atoms in total. The van der Waals surface area contributed by atoms with Gasteiger partial charge in [0.1, 0.15) is 0 Å². The molecule has 1 aromatic carbocycles. The van der Waals surface area contributed by atoms with Gasteiger partial charge >= 0.3 is 0 Å². The molecule has 0 fully saturated rings. The normalized spacial score (nSPS) is 14.1. The second kappa shape index (κ2) is 6.34. The minimum Gasteiger partial charge on any atom is -0.325 e. The number of nitrogens with one attached hydrogen (secondary N) is 1. The molecule has 0 aromatic heterocycles. The molecule has 0 radical (unpaired) electrons. The van der Waals surface area contributed by atoms with Crippen LogP contribution in [0.15, 0.2) is 16.6 Å². The Morgan fingerprint density at radius 3 is 2.33 bits per heavy atom. The molecule has 0 aliphatic rings. The molecule has 0 saturated heterocycles. The number of hydrogen-bond acceptors (Lipinski definition) is 2. The van der Waals surface area contributed by atoms with Crippen molar-refractivity contribution in [1.29, 1.82) is 0 Å². The highest BCUT2D eigenvalue weighted by Crippen LogP contribution is 2.25. The number of amides is 1. The van der Waals surface area contributed by atoms with Gasteiger partial charge in [0.25, 0.3) is 0 Å². The third kappa shape index (κ3) is 3.56. The van der Waals surface area contributed by atoms with E-state index >= 15 is 0 Å². The lowest BCUT2D eigenvalue weighted by Gasteiger charge is -2.18. The quantitative estimate of drug-likeness (QED) is 0.895. The minimum absolute atomic E-state index is 0.120. The number of rotatable bonds is 4. The van der Waals surface area contributed by atoms with Crippen LogP contribution in [0.5, 0.6) is 0 Å². The first-order valence-corrected chi connectivity index (χ1v) is 6.99. The summed E-state index contributed by atoms with van der Waals surface area (Å²) in [4.78, 5) is 12.0. The van der Waals surface area contributed by atoms with Gasteiger partial charge in [-0.2, -0.15) is 0 Å². The summed E-state index contributed by atoms with van der Waals surface area (Å²) in [6.45, 7) is 8.02. The standard InChI is InChI=1S/C14H21BrN2O/c1-5-8(2)13(16)14(18)17-11-6-9(3)12(15)10(4)7-11/h6-8,13H,5,16H2,1-4H3,(H,17,18). The molecule has 0 saturated carbocycles. The van der Waals surface area contributed by atoms with Gasteiger partial charge in [0.2, 0.25) is 5.91 Å². The van der Waals surface area contributed by atoms with E-state index in [9.17, 15) is 4.79 Å². The number of carbonyl (C=O) groups excluding carboxylic acids is 1. The average Bonchev–Trinajstić information content (AvgIpc) is 2.33. The Bertz CT molecular complexity index is 422. The molecule has 2 unspecified atom stereocenters. The van der Waals surface area contributed by atoms with Crippen LogP contribution >= 0.6 is 15.9 Å². The van der Waals surface area contributed by atoms with Crippen molar-refractivity contribution in [2.45, 2.75) is 40.2 Å². The zero-order valence-electron chi connectivity index (χ0n) is 11.4. The maximum absolute atomic E-state index is 12.0. The van der Waals surface area contributed by atoms with E-state index in [1.54, 1.807) is 0 Å². The fraction of sp³-hybridized carbons (Fsp3) is 0.500. The number of hydrogen-bond donors (Lipinski definition) is 2. The van der Waals surface area contributed by atoms with Gasteiger partial charge in [0.15, 0.2) is 0 Å². The fourth-order valence-corrected chi connectivity index (χ4v) is 1.98. The van der Waals surface area contributed by atoms with Crippen LogP contribution < -0.4 is 11.1 Å². The van der Waals surface area contributed by atoms with Crippen LogP contribution in [0.25, 0.3) is 0 Å². The van der Waals surface area contributed by atoms with Crippen molar-refractivity contribution in [2.75, 3.05) is 5.32 Å². The minimum atomic E-state index is -0.459. The number of nitrogens with two attached hydrogens (primary N) is 1. The molecule has 100 valence electrons. The van der Waals surface area contributed by atoms with E-state index in [4.69, 9.17) is 5.73 Å². The maximum Gasteiger partial charge on any atom is 0.241 e. The van der Waals surface area contributed by atoms with Crippen LogP contribution in [-0.2, 0) is 4.79 Å². The van der Waals surface area contributed by atoms with Gasteiger partial charge in [-0.3, -0.25) is 4.79 Å². The van der Waals surface area contributed by atoms with E-state index in [2.05, 4.69) is 21.2 Å². The lowest BCUT2D eigenvalue weighted by atomic mass is 9.99. The van der Waals surface area contributed by atoms with Crippen LogP contribution in [0.4, 0.5) is 5.69 Å². The van der Waals surface area contributed by atoms with Crippen LogP contribution in [0, 0.1) is 19.8 Å². The van der Waals surface area contributed by atoms with Crippen LogP contribution in [0.1, 0.15) is 31.4 Å². The van der Waals surface area contributed by atoms with E-state index < -0.39 is 6.04 Å². The Balaban J connectivity index is 2.82. The summed E-state index contributed by atoms with van der Waals surface area (Å²) in [5.41, 5.74) is 8.91. The topological polar surface area (TPSA) is 55.1 Å². The van der Waals surface area contributed by atoms with Gasteiger partial charge in [-0.15, -0.1) is 0 Å². The van der Waals surface area contributed by atoms with Crippen molar-refractivity contribution in [3.8, 4) is 0 Å². The molecule has 1 amide bonds. The predicted molar refractivity (Wildman–Crippen MR) is 79.7 cm³/mol. The summed E-state index contributed by atoms with van der Waals surface area (Å²) in [5.74, 6) is 0.0631. The second-order valence-electron chi connectivity index (χ2n) is 4.82. The molecule has 0 aliphatic carbocycles. The molecule has 18 heavy (non-hydrogen) atoms. The number of halogens is 1. The first-order valence-electron chi connectivity index (χ1n) is 6.20. The third-order valence-electron chi connectivity index (χ3n) is 3.26. The molecule has 1 aromatic rings. The molecule has 0 aliphatic heterocycles. The van der Waals surface area contributed by atoms with Gasteiger partial charge < -0.3 is 11.1 Å². The Labute approximate surface area is 117 Å². The smallest absolute Gasteiger partial charge is 0.241 e. The van der Waals surface area contributed by atoms with Gasteiger partial charge in [0.05, 0.1) is 6.04 Å². The van der Waals surface area contributed by atoms with Crippen LogP contribution in [0.2, 0.25) is 0 Å². The summed E-state index contributed by atoms with van der Waals surface area (Å²) >= 11 is 3.51. The van der Waals surface area contributed by atoms with Crippen molar-refractivity contribution in [3.63, 3.8) is 0 Å². The van der Waals surface area contributed by atoms with E-state index in [1.807, 2.05) is 39.8 Å². The van der Waals surface area contributed by atoms with E-state index in [1.165, 1.54) is 0 Å². The summed E-state index contributed by atoms with van der Waals surface area (Å²) in [6, 6.07) is 3.43. The van der Waals surface area contributed by atoms with Crippen molar-refractivity contribution in [3.05, 3.63) is 27.7 Å². The first-order chi connectivity index (χ1) is 8.36. The summed E-state index contributed by atoms with van der Waals surface area (Å²) in [5, 5.41) is 2.88. The number of benzene rings is 1. The first kappa shape index (κ1) is 15.2. The van der Waals surface area contributed by atoms with E-state index in [0.717, 1.165) is 27.7 Å². The zero-order valence-corrected chi connectivity index (χ0v) is 13.0. The molecule has 3 N–H and O–H groups in total. The Morgan fingerprint density at radius 2 is 1.89 bits per heavy atom. The molecular formula is C14H21BrN2O.